The maximum atomic E-state index is 12.6. The Bertz CT molecular complexity index is 871. The van der Waals surface area contributed by atoms with E-state index in [2.05, 4.69) is 48.3 Å². The van der Waals surface area contributed by atoms with E-state index >= 15 is 0 Å². The average Bonchev–Trinajstić information content (AvgIpc) is 3.37. The normalized spacial score (nSPS) is 24.5. The Hall–Kier alpha value is -2.64. The van der Waals surface area contributed by atoms with Crippen molar-refractivity contribution < 1.29 is 18.7 Å². The van der Waals surface area contributed by atoms with Crippen LogP contribution in [0.1, 0.15) is 37.2 Å². The van der Waals surface area contributed by atoms with Crippen LogP contribution in [-0.2, 0) is 34.0 Å². The zero-order valence-corrected chi connectivity index (χ0v) is 18.3. The van der Waals surface area contributed by atoms with Crippen LogP contribution in [0.4, 0.5) is 0 Å². The van der Waals surface area contributed by atoms with E-state index in [-0.39, 0.29) is 36.4 Å². The summed E-state index contributed by atoms with van der Waals surface area (Å²) in [6, 6.07) is 12.0. The molecule has 7 nitrogen and oxygen atoms in total. The van der Waals surface area contributed by atoms with Crippen molar-refractivity contribution in [2.75, 3.05) is 19.6 Å². The molecule has 0 unspecified atom stereocenters. The van der Waals surface area contributed by atoms with Crippen LogP contribution in [0.2, 0.25) is 0 Å². The first kappa shape index (κ1) is 21.6. The van der Waals surface area contributed by atoms with Crippen LogP contribution in [0, 0.1) is 5.92 Å². The van der Waals surface area contributed by atoms with Gasteiger partial charge in [-0.25, -0.2) is 0 Å². The number of hydrogen-bond donors (Lipinski definition) is 1. The number of hydrogen-bond acceptors (Lipinski definition) is 5. The Labute approximate surface area is 183 Å². The zero-order valence-electron chi connectivity index (χ0n) is 18.3. The van der Waals surface area contributed by atoms with Crippen LogP contribution in [0.3, 0.4) is 0 Å². The summed E-state index contributed by atoms with van der Waals surface area (Å²) in [6.45, 7) is 8.33. The van der Waals surface area contributed by atoms with Crippen LogP contribution in [0.25, 0.3) is 0 Å². The number of nitrogens with one attached hydrogen (secondary N) is 1. The van der Waals surface area contributed by atoms with Crippen molar-refractivity contribution >= 4 is 11.8 Å². The summed E-state index contributed by atoms with van der Waals surface area (Å²) in [6.07, 6.45) is 2.36. The first-order valence-electron chi connectivity index (χ1n) is 11.0. The average molecular weight is 426 g/mol. The third-order valence-corrected chi connectivity index (χ3v) is 5.90. The van der Waals surface area contributed by atoms with E-state index in [1.54, 1.807) is 17.2 Å². The minimum absolute atomic E-state index is 0.00680. The third kappa shape index (κ3) is 5.74. The molecular weight excluding hydrogens is 394 g/mol. The molecule has 2 aliphatic rings. The summed E-state index contributed by atoms with van der Waals surface area (Å²) >= 11 is 0. The molecular formula is C24H31N3O4. The molecule has 1 N–H and O–H groups in total. The van der Waals surface area contributed by atoms with Gasteiger partial charge in [0, 0.05) is 39.1 Å². The second-order valence-corrected chi connectivity index (χ2v) is 8.74. The van der Waals surface area contributed by atoms with Crippen molar-refractivity contribution in [1.82, 2.24) is 15.1 Å². The quantitative estimate of drug-likeness (QED) is 0.738. The fourth-order valence-corrected chi connectivity index (χ4v) is 4.46. The summed E-state index contributed by atoms with van der Waals surface area (Å²) in [5.74, 6) is 0.339. The van der Waals surface area contributed by atoms with Crippen LogP contribution in [0.5, 0.6) is 0 Å². The predicted molar refractivity (Wildman–Crippen MR) is 116 cm³/mol. The highest BCUT2D eigenvalue weighted by atomic mass is 16.5. The van der Waals surface area contributed by atoms with Gasteiger partial charge in [-0.05, 0) is 37.1 Å². The first-order valence-corrected chi connectivity index (χ1v) is 11.0. The molecule has 0 radical (unpaired) electrons. The molecule has 1 aromatic carbocycles. The van der Waals surface area contributed by atoms with Crippen LogP contribution < -0.4 is 5.32 Å². The summed E-state index contributed by atoms with van der Waals surface area (Å²) in [4.78, 5) is 28.9. The topological polar surface area (TPSA) is 75.0 Å². The molecule has 31 heavy (non-hydrogen) atoms. The lowest BCUT2D eigenvalue weighted by atomic mass is 10.1. The number of likely N-dealkylation sites (tertiary alicyclic amines) is 1. The molecule has 2 aromatic rings. The van der Waals surface area contributed by atoms with E-state index in [1.165, 1.54) is 5.56 Å². The fourth-order valence-electron chi connectivity index (χ4n) is 4.46. The van der Waals surface area contributed by atoms with E-state index in [9.17, 15) is 9.59 Å². The van der Waals surface area contributed by atoms with Crippen molar-refractivity contribution in [3.05, 3.63) is 59.5 Å². The Morgan fingerprint density at radius 2 is 1.74 bits per heavy atom. The van der Waals surface area contributed by atoms with E-state index < -0.39 is 0 Å². The molecule has 0 bridgehead atoms. The molecule has 2 saturated heterocycles. The number of nitrogens with zero attached hydrogens (tertiary/aromatic N) is 2. The summed E-state index contributed by atoms with van der Waals surface area (Å²) in [5, 5.41) is 2.99. The van der Waals surface area contributed by atoms with Crippen molar-refractivity contribution in [1.29, 1.82) is 0 Å². The third-order valence-electron chi connectivity index (χ3n) is 5.90. The van der Waals surface area contributed by atoms with Gasteiger partial charge in [0.1, 0.15) is 5.76 Å². The highest BCUT2D eigenvalue weighted by Crippen LogP contribution is 2.21. The Balaban J connectivity index is 1.23. The van der Waals surface area contributed by atoms with E-state index in [0.717, 1.165) is 31.0 Å². The van der Waals surface area contributed by atoms with Gasteiger partial charge in [0.05, 0.1) is 30.9 Å². The lowest BCUT2D eigenvalue weighted by Gasteiger charge is -2.35. The molecule has 2 amide bonds. The predicted octanol–water partition coefficient (Wildman–Crippen LogP) is 2.55. The maximum Gasteiger partial charge on any atom is 0.225 e. The molecule has 166 valence electrons. The Kier molecular flexibility index (Phi) is 6.73. The van der Waals surface area contributed by atoms with Crippen LogP contribution in [0.15, 0.2) is 47.1 Å². The number of amides is 2. The SMILES string of the molecule is C[C@@H]1CN(Cc2ccc(CNC(=O)[C@@H]3CC(=O)N(Cc4ccco4)C3)cc2)C[C@@H](C)O1. The molecule has 4 rings (SSSR count). The highest BCUT2D eigenvalue weighted by Gasteiger charge is 2.34. The molecule has 7 heteroatoms. The van der Waals surface area contributed by atoms with Gasteiger partial charge in [-0.15, -0.1) is 0 Å². The first-order chi connectivity index (χ1) is 15.0. The summed E-state index contributed by atoms with van der Waals surface area (Å²) in [5.41, 5.74) is 2.31. The molecule has 3 atom stereocenters. The molecule has 0 spiro atoms. The van der Waals surface area contributed by atoms with Crippen molar-refractivity contribution in [3.8, 4) is 0 Å². The lowest BCUT2D eigenvalue weighted by Crippen LogP contribution is -2.44. The Morgan fingerprint density at radius 1 is 1.03 bits per heavy atom. The Morgan fingerprint density at radius 3 is 2.42 bits per heavy atom. The number of furan rings is 1. The molecule has 2 aliphatic heterocycles. The van der Waals surface area contributed by atoms with Crippen LogP contribution in [-0.4, -0.2) is 53.5 Å². The second kappa shape index (κ2) is 9.66. The fraction of sp³-hybridized carbons (Fsp3) is 0.500. The van der Waals surface area contributed by atoms with Gasteiger partial charge >= 0.3 is 0 Å². The molecule has 1 aromatic heterocycles. The van der Waals surface area contributed by atoms with Crippen LogP contribution >= 0.6 is 0 Å². The number of ether oxygens (including phenoxy) is 1. The maximum absolute atomic E-state index is 12.6. The lowest BCUT2D eigenvalue weighted by molar-refractivity contribution is -0.129. The van der Waals surface area contributed by atoms with Gasteiger partial charge in [0.15, 0.2) is 0 Å². The molecule has 2 fully saturated rings. The van der Waals surface area contributed by atoms with Gasteiger partial charge in [0.2, 0.25) is 11.8 Å². The number of rotatable bonds is 7. The highest BCUT2D eigenvalue weighted by molar-refractivity contribution is 5.89. The van der Waals surface area contributed by atoms with E-state index in [4.69, 9.17) is 9.15 Å². The van der Waals surface area contributed by atoms with E-state index in [0.29, 0.717) is 19.6 Å². The van der Waals surface area contributed by atoms with Gasteiger partial charge in [0.25, 0.3) is 0 Å². The number of benzene rings is 1. The smallest absolute Gasteiger partial charge is 0.225 e. The second-order valence-electron chi connectivity index (χ2n) is 8.74. The minimum atomic E-state index is -0.313. The van der Waals surface area contributed by atoms with Crippen molar-refractivity contribution in [2.45, 2.75) is 52.1 Å². The number of morpholine rings is 1. The molecule has 0 aliphatic carbocycles. The zero-order chi connectivity index (χ0) is 21.8. The van der Waals surface area contributed by atoms with Crippen molar-refractivity contribution in [2.24, 2.45) is 5.92 Å². The standard InChI is InChI=1S/C24H31N3O4/c1-17-12-26(13-18(2)31-17)14-20-7-5-19(6-8-20)11-25-24(29)21-10-23(28)27(15-21)16-22-4-3-9-30-22/h3-9,17-18,21H,10-16H2,1-2H3,(H,25,29)/t17-,18-,21-/m1/s1. The molecule has 3 heterocycles. The van der Waals surface area contributed by atoms with Gasteiger partial charge in [-0.2, -0.15) is 0 Å². The summed E-state index contributed by atoms with van der Waals surface area (Å²) < 4.78 is 11.1. The number of carbonyl (C=O) groups excluding carboxylic acids is 2. The number of carbonyl (C=O) groups is 2. The van der Waals surface area contributed by atoms with E-state index in [1.807, 2.05) is 6.07 Å². The summed E-state index contributed by atoms with van der Waals surface area (Å²) in [7, 11) is 0. The van der Waals surface area contributed by atoms with Gasteiger partial charge in [-0.3, -0.25) is 14.5 Å². The molecule has 0 saturated carbocycles. The minimum Gasteiger partial charge on any atom is -0.467 e. The van der Waals surface area contributed by atoms with Gasteiger partial charge in [-0.1, -0.05) is 24.3 Å². The van der Waals surface area contributed by atoms with Gasteiger partial charge < -0.3 is 19.4 Å². The monoisotopic (exact) mass is 425 g/mol. The van der Waals surface area contributed by atoms with Crippen molar-refractivity contribution in [3.63, 3.8) is 0 Å². The largest absolute Gasteiger partial charge is 0.467 e.